The van der Waals surface area contributed by atoms with Crippen LogP contribution in [0.2, 0.25) is 0 Å². The molecule has 0 fully saturated rings. The Morgan fingerprint density at radius 1 is 1.25 bits per heavy atom. The van der Waals surface area contributed by atoms with Gasteiger partial charge in [0.25, 0.3) is 0 Å². The highest BCUT2D eigenvalue weighted by Gasteiger charge is 2.34. The minimum Gasteiger partial charge on any atom is -0.456 e. The van der Waals surface area contributed by atoms with Crippen LogP contribution in [-0.2, 0) is 9.53 Å². The lowest BCUT2D eigenvalue weighted by Gasteiger charge is -2.29. The molecular formula is C18H21ClN2O3. The van der Waals surface area contributed by atoms with Crippen LogP contribution >= 0.6 is 11.6 Å². The Balaban J connectivity index is 2.38. The van der Waals surface area contributed by atoms with Gasteiger partial charge in [0.15, 0.2) is 0 Å². The molecule has 0 radical (unpaired) electrons. The van der Waals surface area contributed by atoms with E-state index >= 15 is 0 Å². The van der Waals surface area contributed by atoms with Crippen molar-refractivity contribution in [3.8, 4) is 0 Å². The molecule has 0 bridgehead atoms. The van der Waals surface area contributed by atoms with E-state index in [1.807, 2.05) is 30.3 Å². The van der Waals surface area contributed by atoms with Crippen LogP contribution in [0, 0.1) is 0 Å². The van der Waals surface area contributed by atoms with Gasteiger partial charge in [-0.15, -0.1) is 0 Å². The number of amides is 2. The van der Waals surface area contributed by atoms with Crippen molar-refractivity contribution in [2.75, 3.05) is 0 Å². The average molecular weight is 349 g/mol. The number of halogens is 1. The highest BCUT2D eigenvalue weighted by molar-refractivity contribution is 6.33. The Morgan fingerprint density at radius 3 is 2.46 bits per heavy atom. The van der Waals surface area contributed by atoms with Crippen LogP contribution in [0.25, 0.3) is 6.08 Å². The summed E-state index contributed by atoms with van der Waals surface area (Å²) in [6, 6.07) is 8.26. The predicted molar refractivity (Wildman–Crippen MR) is 94.3 cm³/mol. The Hall–Kier alpha value is -2.27. The van der Waals surface area contributed by atoms with Crippen LogP contribution in [0.4, 0.5) is 4.79 Å². The Morgan fingerprint density at radius 2 is 1.88 bits per heavy atom. The fourth-order valence-corrected chi connectivity index (χ4v) is 2.59. The molecule has 2 N–H and O–H groups in total. The maximum absolute atomic E-state index is 12.5. The molecule has 128 valence electrons. The van der Waals surface area contributed by atoms with E-state index in [4.69, 9.17) is 16.3 Å². The van der Waals surface area contributed by atoms with Gasteiger partial charge in [-0.1, -0.05) is 41.9 Å². The summed E-state index contributed by atoms with van der Waals surface area (Å²) in [7, 11) is 0. The van der Waals surface area contributed by atoms with Gasteiger partial charge in [0.1, 0.15) is 11.6 Å². The summed E-state index contributed by atoms with van der Waals surface area (Å²) < 4.78 is 5.44. The summed E-state index contributed by atoms with van der Waals surface area (Å²) in [5, 5.41) is 5.59. The smallest absolute Gasteiger partial charge is 0.338 e. The number of benzene rings is 1. The number of esters is 1. The van der Waals surface area contributed by atoms with Crippen LogP contribution in [0.15, 0.2) is 46.6 Å². The number of carbonyl (C=O) groups is 2. The lowest BCUT2D eigenvalue weighted by atomic mass is 10.0. The molecule has 1 heterocycles. The van der Waals surface area contributed by atoms with Crippen molar-refractivity contribution in [2.45, 2.75) is 39.3 Å². The summed E-state index contributed by atoms with van der Waals surface area (Å²) in [6.07, 6.45) is 1.72. The van der Waals surface area contributed by atoms with Crippen molar-refractivity contribution >= 4 is 29.7 Å². The molecule has 1 aliphatic heterocycles. The number of nitrogens with one attached hydrogen (secondary N) is 2. The number of urea groups is 1. The maximum Gasteiger partial charge on any atom is 0.338 e. The van der Waals surface area contributed by atoms with Crippen LogP contribution in [0.5, 0.6) is 0 Å². The number of rotatable bonds is 3. The van der Waals surface area contributed by atoms with Crippen molar-refractivity contribution in [3.05, 3.63) is 52.2 Å². The summed E-state index contributed by atoms with van der Waals surface area (Å²) in [5.74, 6) is -0.517. The van der Waals surface area contributed by atoms with Crippen LogP contribution in [-0.4, -0.2) is 23.6 Å². The van der Waals surface area contributed by atoms with E-state index < -0.39 is 23.6 Å². The number of hydrogen-bond acceptors (Lipinski definition) is 3. The summed E-state index contributed by atoms with van der Waals surface area (Å²) in [4.78, 5) is 24.3. The topological polar surface area (TPSA) is 67.4 Å². The van der Waals surface area contributed by atoms with E-state index in [9.17, 15) is 9.59 Å². The van der Waals surface area contributed by atoms with E-state index in [-0.39, 0.29) is 0 Å². The van der Waals surface area contributed by atoms with Crippen molar-refractivity contribution < 1.29 is 14.3 Å². The molecular weight excluding hydrogens is 328 g/mol. The molecule has 0 aromatic heterocycles. The third kappa shape index (κ3) is 4.61. The fourth-order valence-electron chi connectivity index (χ4n) is 2.30. The molecule has 24 heavy (non-hydrogen) atoms. The highest BCUT2D eigenvalue weighted by Crippen LogP contribution is 2.26. The quantitative estimate of drug-likeness (QED) is 0.821. The van der Waals surface area contributed by atoms with Crippen molar-refractivity contribution in [1.29, 1.82) is 0 Å². The maximum atomic E-state index is 12.5. The normalized spacial score (nSPS) is 18.8. The van der Waals surface area contributed by atoms with Gasteiger partial charge in [0.2, 0.25) is 0 Å². The first kappa shape index (κ1) is 18.1. The molecule has 0 aliphatic carbocycles. The summed E-state index contributed by atoms with van der Waals surface area (Å²) >= 11 is 6.41. The molecule has 1 atom stereocenters. The summed E-state index contributed by atoms with van der Waals surface area (Å²) in [6.45, 7) is 7.00. The SMILES string of the molecule is CC1=C(C(=O)OC(C)(C)C)C(/C(Cl)=C/c2ccccc2)NC(=O)N1. The van der Waals surface area contributed by atoms with Crippen molar-refractivity contribution in [3.63, 3.8) is 0 Å². The molecule has 2 rings (SSSR count). The first-order valence-corrected chi connectivity index (χ1v) is 7.99. The zero-order chi connectivity index (χ0) is 17.9. The molecule has 5 nitrogen and oxygen atoms in total. The second kappa shape index (κ2) is 7.09. The zero-order valence-electron chi connectivity index (χ0n) is 14.1. The molecule has 0 saturated heterocycles. The number of carbonyl (C=O) groups excluding carboxylic acids is 2. The Bertz CT molecular complexity index is 703. The molecule has 0 spiro atoms. The van der Waals surface area contributed by atoms with Crippen LogP contribution in [0.1, 0.15) is 33.3 Å². The van der Waals surface area contributed by atoms with Gasteiger partial charge >= 0.3 is 12.0 Å². The van der Waals surface area contributed by atoms with E-state index in [0.717, 1.165) is 5.56 Å². The van der Waals surface area contributed by atoms with E-state index in [1.54, 1.807) is 33.8 Å². The zero-order valence-corrected chi connectivity index (χ0v) is 14.9. The minimum absolute atomic E-state index is 0.293. The third-order valence-corrected chi connectivity index (χ3v) is 3.60. The Kier molecular flexibility index (Phi) is 5.34. The minimum atomic E-state index is -0.754. The van der Waals surface area contributed by atoms with Gasteiger partial charge in [0, 0.05) is 10.7 Å². The van der Waals surface area contributed by atoms with E-state index in [2.05, 4.69) is 10.6 Å². The molecule has 6 heteroatoms. The highest BCUT2D eigenvalue weighted by atomic mass is 35.5. The fraction of sp³-hybridized carbons (Fsp3) is 0.333. The largest absolute Gasteiger partial charge is 0.456 e. The molecule has 2 amide bonds. The van der Waals surface area contributed by atoms with Crippen molar-refractivity contribution in [2.24, 2.45) is 0 Å². The number of allylic oxidation sites excluding steroid dienone is 1. The first-order chi connectivity index (χ1) is 11.2. The molecule has 1 unspecified atom stereocenters. The average Bonchev–Trinajstić information content (AvgIpc) is 2.45. The number of ether oxygens (including phenoxy) is 1. The van der Waals surface area contributed by atoms with Gasteiger partial charge in [0.05, 0.1) is 5.57 Å². The molecule has 0 saturated carbocycles. The monoisotopic (exact) mass is 348 g/mol. The summed E-state index contributed by atoms with van der Waals surface area (Å²) in [5.41, 5.74) is 0.946. The second-order valence-corrected chi connectivity index (χ2v) is 6.95. The van der Waals surface area contributed by atoms with Gasteiger partial charge in [-0.05, 0) is 39.3 Å². The molecule has 1 aromatic rings. The lowest BCUT2D eigenvalue weighted by Crippen LogP contribution is -2.50. The van der Waals surface area contributed by atoms with Crippen LogP contribution in [0.3, 0.4) is 0 Å². The predicted octanol–water partition coefficient (Wildman–Crippen LogP) is 3.56. The second-order valence-electron chi connectivity index (χ2n) is 6.51. The standard InChI is InChI=1S/C18H21ClN2O3/c1-11-14(16(22)24-18(2,3)4)15(21-17(23)20-11)13(19)10-12-8-6-5-7-9-12/h5-10,15H,1-4H3,(H2,20,21,23)/b13-10-. The van der Waals surface area contributed by atoms with Crippen molar-refractivity contribution in [1.82, 2.24) is 10.6 Å². The van der Waals surface area contributed by atoms with E-state index in [0.29, 0.717) is 16.3 Å². The molecule has 1 aromatic carbocycles. The van der Waals surface area contributed by atoms with Gasteiger partial charge < -0.3 is 15.4 Å². The third-order valence-electron chi connectivity index (χ3n) is 3.27. The van der Waals surface area contributed by atoms with E-state index in [1.165, 1.54) is 0 Å². The van der Waals surface area contributed by atoms with Gasteiger partial charge in [-0.25, -0.2) is 9.59 Å². The van der Waals surface area contributed by atoms with Gasteiger partial charge in [-0.3, -0.25) is 0 Å². The molecule has 1 aliphatic rings. The van der Waals surface area contributed by atoms with Gasteiger partial charge in [-0.2, -0.15) is 0 Å². The Labute approximate surface area is 146 Å². The van der Waals surface area contributed by atoms with Crippen LogP contribution < -0.4 is 10.6 Å². The first-order valence-electron chi connectivity index (χ1n) is 7.61. The lowest BCUT2D eigenvalue weighted by molar-refractivity contribution is -0.150. The number of hydrogen-bond donors (Lipinski definition) is 2.